The van der Waals surface area contributed by atoms with Gasteiger partial charge in [0, 0.05) is 0 Å². The summed E-state index contributed by atoms with van der Waals surface area (Å²) in [6.45, 7) is 4.48. The summed E-state index contributed by atoms with van der Waals surface area (Å²) in [6.07, 6.45) is -0.265. The number of aliphatic hydroxyl groups is 1. The Morgan fingerprint density at radius 1 is 1.13 bits per heavy atom. The monoisotopic (exact) mass is 318 g/mol. The fraction of sp³-hybridized carbons (Fsp3) is 0.444. The summed E-state index contributed by atoms with van der Waals surface area (Å²) in [7, 11) is 0. The molecule has 0 aliphatic carbocycles. The quantitative estimate of drug-likeness (QED) is 0.887. The van der Waals surface area contributed by atoms with Gasteiger partial charge in [-0.25, -0.2) is 0 Å². The van der Waals surface area contributed by atoms with E-state index in [0.29, 0.717) is 19.0 Å². The third kappa shape index (κ3) is 4.00. The van der Waals surface area contributed by atoms with Gasteiger partial charge in [0.1, 0.15) is 24.1 Å². The molecule has 2 aromatic rings. The summed E-state index contributed by atoms with van der Waals surface area (Å²) in [5, 5.41) is 10.5. The average molecular weight is 318 g/mol. The minimum absolute atomic E-state index is 0.334. The molecule has 2 heterocycles. The molecule has 1 N–H and O–H groups in total. The van der Waals surface area contributed by atoms with E-state index in [4.69, 9.17) is 18.6 Å². The average Bonchev–Trinajstić information content (AvgIpc) is 3.15. The normalized spacial score (nSPS) is 24.7. The van der Waals surface area contributed by atoms with Gasteiger partial charge in [0.2, 0.25) is 0 Å². The Labute approximate surface area is 135 Å². The highest BCUT2D eigenvalue weighted by molar-refractivity contribution is 5.13. The second-order valence-electron chi connectivity index (χ2n) is 6.10. The van der Waals surface area contributed by atoms with Gasteiger partial charge in [0.15, 0.2) is 5.79 Å². The lowest BCUT2D eigenvalue weighted by Crippen LogP contribution is -2.33. The second-order valence-corrected chi connectivity index (χ2v) is 6.10. The zero-order chi connectivity index (χ0) is 16.3. The van der Waals surface area contributed by atoms with Gasteiger partial charge in [-0.3, -0.25) is 0 Å². The van der Waals surface area contributed by atoms with Crippen LogP contribution in [-0.4, -0.2) is 29.7 Å². The van der Waals surface area contributed by atoms with E-state index >= 15 is 0 Å². The van der Waals surface area contributed by atoms with Crippen molar-refractivity contribution in [2.75, 3.05) is 6.61 Å². The minimum atomic E-state index is -0.892. The summed E-state index contributed by atoms with van der Waals surface area (Å²) < 4.78 is 22.7. The van der Waals surface area contributed by atoms with E-state index in [0.717, 1.165) is 5.56 Å². The first-order valence-corrected chi connectivity index (χ1v) is 7.74. The van der Waals surface area contributed by atoms with Gasteiger partial charge in [-0.15, -0.1) is 0 Å². The van der Waals surface area contributed by atoms with E-state index in [1.54, 1.807) is 12.1 Å². The fourth-order valence-corrected chi connectivity index (χ4v) is 2.75. The first-order chi connectivity index (χ1) is 11.1. The van der Waals surface area contributed by atoms with Gasteiger partial charge in [-0.1, -0.05) is 30.3 Å². The van der Waals surface area contributed by atoms with Crippen molar-refractivity contribution in [3.63, 3.8) is 0 Å². The summed E-state index contributed by atoms with van der Waals surface area (Å²) in [5.74, 6) is -0.302. The zero-order valence-electron chi connectivity index (χ0n) is 13.3. The van der Waals surface area contributed by atoms with E-state index in [-0.39, 0.29) is 6.10 Å². The van der Waals surface area contributed by atoms with Crippen LogP contribution in [0.4, 0.5) is 0 Å². The molecule has 1 aromatic heterocycles. The Morgan fingerprint density at radius 3 is 2.61 bits per heavy atom. The maximum absolute atomic E-state index is 10.5. The zero-order valence-corrected chi connectivity index (χ0v) is 13.3. The molecule has 0 amide bonds. The Kier molecular flexibility index (Phi) is 4.82. The van der Waals surface area contributed by atoms with Crippen LogP contribution in [0.25, 0.3) is 0 Å². The number of hydrogen-bond acceptors (Lipinski definition) is 5. The maximum atomic E-state index is 10.5. The molecule has 0 spiro atoms. The largest absolute Gasteiger partial charge is 0.466 e. The van der Waals surface area contributed by atoms with Crippen LogP contribution in [0, 0.1) is 0 Å². The Bertz CT molecular complexity index is 593. The molecular weight excluding hydrogens is 296 g/mol. The molecule has 124 valence electrons. The number of ether oxygens (including phenoxy) is 3. The topological polar surface area (TPSA) is 61.1 Å². The van der Waals surface area contributed by atoms with Crippen LogP contribution in [0.5, 0.6) is 0 Å². The van der Waals surface area contributed by atoms with Crippen molar-refractivity contribution in [2.45, 2.75) is 44.6 Å². The number of furan rings is 1. The molecule has 1 fully saturated rings. The van der Waals surface area contributed by atoms with Crippen molar-refractivity contribution < 1.29 is 23.7 Å². The van der Waals surface area contributed by atoms with Crippen molar-refractivity contribution in [2.24, 2.45) is 0 Å². The number of hydrogen-bond donors (Lipinski definition) is 1. The van der Waals surface area contributed by atoms with Gasteiger partial charge < -0.3 is 23.7 Å². The molecule has 3 rings (SSSR count). The first-order valence-electron chi connectivity index (χ1n) is 7.74. The summed E-state index contributed by atoms with van der Waals surface area (Å²) in [4.78, 5) is 0. The van der Waals surface area contributed by atoms with Gasteiger partial charge in [0.25, 0.3) is 0 Å². The Morgan fingerprint density at radius 2 is 1.91 bits per heavy atom. The van der Waals surface area contributed by atoms with Crippen molar-refractivity contribution in [1.29, 1.82) is 0 Å². The molecule has 23 heavy (non-hydrogen) atoms. The van der Waals surface area contributed by atoms with Crippen molar-refractivity contribution >= 4 is 0 Å². The van der Waals surface area contributed by atoms with Crippen LogP contribution in [0.3, 0.4) is 0 Å². The van der Waals surface area contributed by atoms with E-state index in [1.165, 1.54) is 6.26 Å². The molecule has 5 heteroatoms. The summed E-state index contributed by atoms with van der Waals surface area (Å²) in [5.41, 5.74) is 1.09. The van der Waals surface area contributed by atoms with Crippen molar-refractivity contribution in [3.8, 4) is 0 Å². The van der Waals surface area contributed by atoms with E-state index in [9.17, 15) is 5.11 Å². The van der Waals surface area contributed by atoms with Gasteiger partial charge in [0.05, 0.1) is 19.5 Å². The number of rotatable bonds is 6. The van der Waals surface area contributed by atoms with Crippen LogP contribution in [-0.2, 0) is 20.8 Å². The summed E-state index contributed by atoms with van der Waals surface area (Å²) in [6, 6.07) is 13.4. The molecule has 0 bridgehead atoms. The Hall–Kier alpha value is -1.66. The predicted molar refractivity (Wildman–Crippen MR) is 83.6 cm³/mol. The molecule has 1 aromatic carbocycles. The van der Waals surface area contributed by atoms with Crippen LogP contribution in [0.1, 0.15) is 31.3 Å². The number of benzene rings is 1. The standard InChI is InChI=1S/C18H22O5/c1-18(2)22-15(12-20-11-13-7-4-3-5-8-13)17(23-18)16(19)14-9-6-10-21-14/h3-10,15-17,19H,11-12H2,1-2H3/t15-,16+,17+/m0/s1. The first kappa shape index (κ1) is 16.2. The minimum Gasteiger partial charge on any atom is -0.466 e. The molecule has 0 unspecified atom stereocenters. The van der Waals surface area contributed by atoms with Crippen molar-refractivity contribution in [3.05, 3.63) is 60.1 Å². The molecule has 1 aliphatic heterocycles. The smallest absolute Gasteiger partial charge is 0.164 e. The van der Waals surface area contributed by atoms with Crippen LogP contribution in [0.15, 0.2) is 53.1 Å². The van der Waals surface area contributed by atoms with Gasteiger partial charge in [-0.05, 0) is 31.5 Å². The van der Waals surface area contributed by atoms with Crippen LogP contribution in [0.2, 0.25) is 0 Å². The molecule has 1 saturated heterocycles. The van der Waals surface area contributed by atoms with E-state index < -0.39 is 18.0 Å². The van der Waals surface area contributed by atoms with Crippen LogP contribution < -0.4 is 0 Å². The van der Waals surface area contributed by atoms with E-state index in [1.807, 2.05) is 44.2 Å². The highest BCUT2D eigenvalue weighted by atomic mass is 16.8. The Balaban J connectivity index is 1.61. The van der Waals surface area contributed by atoms with Gasteiger partial charge >= 0.3 is 0 Å². The highest BCUT2D eigenvalue weighted by Crippen LogP contribution is 2.35. The molecule has 5 nitrogen and oxygen atoms in total. The lowest BCUT2D eigenvalue weighted by molar-refractivity contribution is -0.159. The van der Waals surface area contributed by atoms with E-state index in [2.05, 4.69) is 0 Å². The lowest BCUT2D eigenvalue weighted by Gasteiger charge is -2.21. The molecule has 0 radical (unpaired) electrons. The van der Waals surface area contributed by atoms with Gasteiger partial charge in [-0.2, -0.15) is 0 Å². The molecule has 0 saturated carbocycles. The summed E-state index contributed by atoms with van der Waals surface area (Å²) >= 11 is 0. The van der Waals surface area contributed by atoms with Crippen LogP contribution >= 0.6 is 0 Å². The SMILES string of the molecule is CC1(C)O[C@@H]([C@H](O)c2ccco2)[C@H](COCc2ccccc2)O1. The highest BCUT2D eigenvalue weighted by Gasteiger charge is 2.46. The predicted octanol–water partition coefficient (Wildman–Crippen LogP) is 3.05. The third-order valence-electron chi connectivity index (χ3n) is 3.76. The third-order valence-corrected chi connectivity index (χ3v) is 3.76. The van der Waals surface area contributed by atoms with Crippen molar-refractivity contribution in [1.82, 2.24) is 0 Å². The lowest BCUT2D eigenvalue weighted by atomic mass is 10.1. The second kappa shape index (κ2) is 6.84. The molecule has 1 aliphatic rings. The number of aliphatic hydroxyl groups excluding tert-OH is 1. The maximum Gasteiger partial charge on any atom is 0.164 e. The fourth-order valence-electron chi connectivity index (χ4n) is 2.75. The molecule has 3 atom stereocenters. The molecular formula is C18H22O5.